The molecule has 80 valence electrons. The van der Waals surface area contributed by atoms with Gasteiger partial charge >= 0.3 is 11.9 Å². The smallest absolute Gasteiger partial charge is 0.394 e. The van der Waals surface area contributed by atoms with Crippen molar-refractivity contribution in [3.8, 4) is 0 Å². The molecule has 15 heavy (non-hydrogen) atoms. The summed E-state index contributed by atoms with van der Waals surface area (Å²) in [6.07, 6.45) is 1.89. The summed E-state index contributed by atoms with van der Waals surface area (Å²) in [6, 6.07) is 0. The Morgan fingerprint density at radius 3 is 3.00 bits per heavy atom. The molecule has 0 saturated carbocycles. The number of carbonyl (C=O) groups is 2. The van der Waals surface area contributed by atoms with Gasteiger partial charge in [0.05, 0.1) is 6.61 Å². The second-order valence-corrected chi connectivity index (χ2v) is 3.29. The molecule has 5 nitrogen and oxygen atoms in total. The number of hydrogen-bond acceptors (Lipinski definition) is 5. The number of ketones is 1. The maximum absolute atomic E-state index is 11.4. The molecule has 0 atom stereocenters. The van der Waals surface area contributed by atoms with E-state index in [1.54, 1.807) is 6.92 Å². The lowest BCUT2D eigenvalue weighted by Crippen LogP contribution is -2.10. The van der Waals surface area contributed by atoms with Crippen molar-refractivity contribution in [3.63, 3.8) is 0 Å². The van der Waals surface area contributed by atoms with Crippen molar-refractivity contribution in [3.05, 3.63) is 17.3 Å². The van der Waals surface area contributed by atoms with E-state index in [9.17, 15) is 9.59 Å². The van der Waals surface area contributed by atoms with Crippen molar-refractivity contribution in [2.24, 2.45) is 0 Å². The van der Waals surface area contributed by atoms with Gasteiger partial charge in [-0.3, -0.25) is 4.79 Å². The lowest BCUT2D eigenvalue weighted by atomic mass is 10.0. The van der Waals surface area contributed by atoms with E-state index in [0.29, 0.717) is 24.3 Å². The van der Waals surface area contributed by atoms with Gasteiger partial charge in [-0.15, -0.1) is 0 Å². The third-order valence-electron chi connectivity index (χ3n) is 2.22. The minimum absolute atomic E-state index is 0.0597. The Morgan fingerprint density at radius 1 is 1.53 bits per heavy atom. The van der Waals surface area contributed by atoms with Crippen LogP contribution in [-0.4, -0.2) is 23.3 Å². The number of esters is 1. The van der Waals surface area contributed by atoms with Gasteiger partial charge in [0.1, 0.15) is 11.5 Å². The summed E-state index contributed by atoms with van der Waals surface area (Å²) in [5.74, 6) is -0.276. The van der Waals surface area contributed by atoms with Crippen molar-refractivity contribution in [1.82, 2.24) is 4.98 Å². The second-order valence-electron chi connectivity index (χ2n) is 3.29. The molecule has 1 aliphatic carbocycles. The molecule has 1 heterocycles. The first kappa shape index (κ1) is 9.89. The lowest BCUT2D eigenvalue weighted by molar-refractivity contribution is 0.0478. The van der Waals surface area contributed by atoms with E-state index in [1.807, 2.05) is 0 Å². The predicted octanol–water partition coefficient (Wildman–Crippen LogP) is 1.37. The molecule has 0 amide bonds. The van der Waals surface area contributed by atoms with Gasteiger partial charge in [0, 0.05) is 12.8 Å². The molecule has 0 unspecified atom stereocenters. The molecule has 0 radical (unpaired) electrons. The Labute approximate surface area is 86.4 Å². The zero-order valence-corrected chi connectivity index (χ0v) is 8.41. The van der Waals surface area contributed by atoms with Gasteiger partial charge in [-0.1, -0.05) is 0 Å². The number of carbonyl (C=O) groups excluding carboxylic acids is 2. The zero-order valence-electron chi connectivity index (χ0n) is 8.41. The van der Waals surface area contributed by atoms with Crippen LogP contribution < -0.4 is 0 Å². The van der Waals surface area contributed by atoms with Crippen LogP contribution in [-0.2, 0) is 11.2 Å². The van der Waals surface area contributed by atoms with Crippen LogP contribution in [0.15, 0.2) is 4.42 Å². The molecule has 1 aromatic heterocycles. The van der Waals surface area contributed by atoms with Gasteiger partial charge in [0.25, 0.3) is 0 Å². The topological polar surface area (TPSA) is 69.4 Å². The third kappa shape index (κ3) is 1.77. The van der Waals surface area contributed by atoms with Gasteiger partial charge in [0.15, 0.2) is 5.78 Å². The number of fused-ring (bicyclic) bond motifs is 1. The van der Waals surface area contributed by atoms with Gasteiger partial charge in [-0.05, 0) is 13.3 Å². The number of aryl methyl sites for hydroxylation is 1. The highest BCUT2D eigenvalue weighted by Crippen LogP contribution is 2.21. The average Bonchev–Trinajstić information content (AvgIpc) is 2.63. The Kier molecular flexibility index (Phi) is 2.53. The molecule has 0 N–H and O–H groups in total. The van der Waals surface area contributed by atoms with Crippen molar-refractivity contribution in [2.45, 2.75) is 26.2 Å². The summed E-state index contributed by atoms with van der Waals surface area (Å²) in [7, 11) is 0. The summed E-state index contributed by atoms with van der Waals surface area (Å²) in [5, 5.41) is 0. The summed E-state index contributed by atoms with van der Waals surface area (Å²) in [6.45, 7) is 1.96. The van der Waals surface area contributed by atoms with Gasteiger partial charge in [-0.25, -0.2) is 4.79 Å². The second kappa shape index (κ2) is 3.84. The predicted molar refractivity (Wildman–Crippen MR) is 49.7 cm³/mol. The van der Waals surface area contributed by atoms with E-state index in [2.05, 4.69) is 4.98 Å². The highest BCUT2D eigenvalue weighted by Gasteiger charge is 2.26. The Morgan fingerprint density at radius 2 is 2.33 bits per heavy atom. The van der Waals surface area contributed by atoms with Crippen molar-refractivity contribution in [2.75, 3.05) is 6.61 Å². The van der Waals surface area contributed by atoms with Crippen LogP contribution >= 0.6 is 0 Å². The molecule has 0 fully saturated rings. The van der Waals surface area contributed by atoms with E-state index in [-0.39, 0.29) is 18.3 Å². The van der Waals surface area contributed by atoms with Crippen LogP contribution in [0.5, 0.6) is 0 Å². The first-order chi connectivity index (χ1) is 7.22. The fraction of sp³-hybridized carbons (Fsp3) is 0.500. The third-order valence-corrected chi connectivity index (χ3v) is 2.22. The zero-order chi connectivity index (χ0) is 10.8. The van der Waals surface area contributed by atoms with E-state index in [4.69, 9.17) is 9.15 Å². The molecule has 1 aromatic rings. The molecule has 0 spiro atoms. The van der Waals surface area contributed by atoms with Gasteiger partial charge in [0.2, 0.25) is 0 Å². The fourth-order valence-electron chi connectivity index (χ4n) is 1.55. The molecular formula is C10H11NO4. The van der Waals surface area contributed by atoms with Crippen LogP contribution in [0.3, 0.4) is 0 Å². The monoisotopic (exact) mass is 209 g/mol. The quantitative estimate of drug-likeness (QED) is 0.688. The Bertz CT molecular complexity index is 408. The maximum atomic E-state index is 11.4. The molecule has 5 heteroatoms. The molecular weight excluding hydrogens is 198 g/mol. The first-order valence-electron chi connectivity index (χ1n) is 4.92. The van der Waals surface area contributed by atoms with Crippen LogP contribution in [0.4, 0.5) is 0 Å². The van der Waals surface area contributed by atoms with E-state index < -0.39 is 5.97 Å². The number of ether oxygens (including phenoxy) is 1. The number of hydrogen-bond donors (Lipinski definition) is 0. The number of aromatic nitrogens is 1. The van der Waals surface area contributed by atoms with E-state index in [1.165, 1.54) is 0 Å². The van der Waals surface area contributed by atoms with Crippen molar-refractivity contribution in [1.29, 1.82) is 0 Å². The molecule has 2 rings (SSSR count). The Hall–Kier alpha value is -1.65. The number of rotatable bonds is 2. The molecule has 1 aliphatic rings. The summed E-state index contributed by atoms with van der Waals surface area (Å²) < 4.78 is 9.92. The standard InChI is InChI=1S/C10H11NO4/c1-2-14-10(13)9-11-8-6(12)4-3-5-7(8)15-9/h2-5H2,1H3. The SMILES string of the molecule is CCOC(=O)c1nc2c(o1)CCCC2=O. The number of oxazole rings is 1. The van der Waals surface area contributed by atoms with Gasteiger partial charge < -0.3 is 9.15 Å². The average molecular weight is 209 g/mol. The molecule has 0 bridgehead atoms. The minimum atomic E-state index is -0.611. The van der Waals surface area contributed by atoms with Crippen LogP contribution in [0.1, 0.15) is 46.7 Å². The van der Waals surface area contributed by atoms with Crippen LogP contribution in [0.2, 0.25) is 0 Å². The Balaban J connectivity index is 2.29. The largest absolute Gasteiger partial charge is 0.459 e. The fourth-order valence-corrected chi connectivity index (χ4v) is 1.55. The summed E-state index contributed by atoms with van der Waals surface area (Å²) >= 11 is 0. The lowest BCUT2D eigenvalue weighted by Gasteiger charge is -2.04. The van der Waals surface area contributed by atoms with Gasteiger partial charge in [-0.2, -0.15) is 4.98 Å². The van der Waals surface area contributed by atoms with Crippen LogP contribution in [0, 0.1) is 0 Å². The summed E-state index contributed by atoms with van der Waals surface area (Å²) in [5.41, 5.74) is 0.296. The first-order valence-corrected chi connectivity index (χ1v) is 4.92. The normalized spacial score (nSPS) is 14.9. The summed E-state index contributed by atoms with van der Waals surface area (Å²) in [4.78, 5) is 26.5. The van der Waals surface area contributed by atoms with Crippen LogP contribution in [0.25, 0.3) is 0 Å². The maximum Gasteiger partial charge on any atom is 0.394 e. The van der Waals surface area contributed by atoms with E-state index in [0.717, 1.165) is 6.42 Å². The molecule has 0 saturated heterocycles. The number of Topliss-reactive ketones (excluding diaryl/α,β-unsaturated/α-hetero) is 1. The van der Waals surface area contributed by atoms with Crippen molar-refractivity contribution >= 4 is 11.8 Å². The highest BCUT2D eigenvalue weighted by atomic mass is 16.5. The van der Waals surface area contributed by atoms with Crippen molar-refractivity contribution < 1.29 is 18.7 Å². The minimum Gasteiger partial charge on any atom is -0.459 e. The molecule has 0 aliphatic heterocycles. The van der Waals surface area contributed by atoms with E-state index >= 15 is 0 Å². The highest BCUT2D eigenvalue weighted by molar-refractivity contribution is 5.97. The molecule has 0 aromatic carbocycles. The number of nitrogens with zero attached hydrogens (tertiary/aromatic N) is 1.